The third-order valence-corrected chi connectivity index (χ3v) is 7.11. The molecular weight excluding hydrogens is 432 g/mol. The number of carboxylic acids is 1. The summed E-state index contributed by atoms with van der Waals surface area (Å²) in [6.45, 7) is 2.23. The molecule has 2 aromatic carbocycles. The molecule has 0 aliphatic heterocycles. The molecule has 2 aromatic rings. The number of hydrogen-bond acceptors (Lipinski definition) is 4. The maximum Gasteiger partial charge on any atom is 0.407 e. The van der Waals surface area contributed by atoms with Crippen molar-refractivity contribution in [2.24, 2.45) is 11.8 Å². The van der Waals surface area contributed by atoms with Crippen LogP contribution in [0.3, 0.4) is 0 Å². The van der Waals surface area contributed by atoms with Crippen molar-refractivity contribution < 1.29 is 24.2 Å². The highest BCUT2D eigenvalue weighted by molar-refractivity contribution is 5.81. The number of amides is 2. The highest BCUT2D eigenvalue weighted by Gasteiger charge is 2.33. The van der Waals surface area contributed by atoms with E-state index in [4.69, 9.17) is 4.74 Å². The first kappa shape index (κ1) is 23.8. The number of nitrogens with one attached hydrogen (secondary N) is 2. The van der Waals surface area contributed by atoms with Crippen molar-refractivity contribution in [3.05, 3.63) is 59.7 Å². The summed E-state index contributed by atoms with van der Waals surface area (Å²) in [5.41, 5.74) is 4.61. The summed E-state index contributed by atoms with van der Waals surface area (Å²) in [6, 6.07) is 15.9. The number of alkyl carbamates (subject to hydrolysis) is 1. The SMILES string of the molecule is CCC(CNC(=O)OCC1c2ccccc2-c2ccccc21)C(=O)N[C@H]1CCCC[C@H]1C(=O)O. The zero-order chi connectivity index (χ0) is 24.1. The van der Waals surface area contributed by atoms with E-state index in [2.05, 4.69) is 34.9 Å². The van der Waals surface area contributed by atoms with Crippen molar-refractivity contribution in [1.29, 1.82) is 0 Å². The summed E-state index contributed by atoms with van der Waals surface area (Å²) in [7, 11) is 0. The molecule has 3 atom stereocenters. The number of fused-ring (bicyclic) bond motifs is 3. The number of rotatable bonds is 8. The molecule has 3 N–H and O–H groups in total. The summed E-state index contributed by atoms with van der Waals surface area (Å²) < 4.78 is 5.55. The number of aliphatic carboxylic acids is 1. The van der Waals surface area contributed by atoms with Crippen molar-refractivity contribution in [1.82, 2.24) is 10.6 Å². The van der Waals surface area contributed by atoms with Gasteiger partial charge in [-0.3, -0.25) is 9.59 Å². The summed E-state index contributed by atoms with van der Waals surface area (Å²) >= 11 is 0. The van der Waals surface area contributed by atoms with E-state index in [0.29, 0.717) is 19.3 Å². The third-order valence-electron chi connectivity index (χ3n) is 7.11. The van der Waals surface area contributed by atoms with Gasteiger partial charge in [-0.2, -0.15) is 0 Å². The van der Waals surface area contributed by atoms with E-state index < -0.39 is 23.9 Å². The van der Waals surface area contributed by atoms with Crippen LogP contribution < -0.4 is 10.6 Å². The van der Waals surface area contributed by atoms with Gasteiger partial charge in [-0.25, -0.2) is 4.79 Å². The first-order valence-corrected chi connectivity index (χ1v) is 12.1. The van der Waals surface area contributed by atoms with Crippen LogP contribution in [-0.4, -0.2) is 42.3 Å². The molecule has 0 saturated heterocycles. The minimum atomic E-state index is -0.866. The van der Waals surface area contributed by atoms with E-state index in [1.54, 1.807) is 0 Å². The highest BCUT2D eigenvalue weighted by atomic mass is 16.5. The Bertz CT molecular complexity index is 1010. The second-order valence-electron chi connectivity index (χ2n) is 9.16. The molecule has 0 radical (unpaired) electrons. The molecule has 2 amide bonds. The summed E-state index contributed by atoms with van der Waals surface area (Å²) in [5, 5.41) is 15.1. The lowest BCUT2D eigenvalue weighted by atomic mass is 9.84. The molecule has 7 nitrogen and oxygen atoms in total. The lowest BCUT2D eigenvalue weighted by Gasteiger charge is -2.30. The van der Waals surface area contributed by atoms with Crippen LogP contribution in [-0.2, 0) is 14.3 Å². The van der Waals surface area contributed by atoms with Gasteiger partial charge >= 0.3 is 12.1 Å². The first-order valence-electron chi connectivity index (χ1n) is 12.1. The van der Waals surface area contributed by atoms with Gasteiger partial charge in [-0.1, -0.05) is 68.3 Å². The lowest BCUT2D eigenvalue weighted by molar-refractivity contribution is -0.144. The topological polar surface area (TPSA) is 105 Å². The van der Waals surface area contributed by atoms with Crippen LogP contribution in [0.1, 0.15) is 56.1 Å². The van der Waals surface area contributed by atoms with E-state index in [1.807, 2.05) is 31.2 Å². The molecule has 0 heterocycles. The Morgan fingerprint density at radius 3 is 2.24 bits per heavy atom. The van der Waals surface area contributed by atoms with E-state index >= 15 is 0 Å². The summed E-state index contributed by atoms with van der Waals surface area (Å²) in [6.07, 6.45) is 2.98. The molecule has 4 rings (SSSR count). The van der Waals surface area contributed by atoms with Crippen LogP contribution in [0.5, 0.6) is 0 Å². The van der Waals surface area contributed by atoms with Gasteiger partial charge in [0.15, 0.2) is 0 Å². The molecular formula is C27H32N2O5. The van der Waals surface area contributed by atoms with Crippen molar-refractivity contribution in [2.75, 3.05) is 13.2 Å². The van der Waals surface area contributed by atoms with Crippen LogP contribution in [0.2, 0.25) is 0 Å². The van der Waals surface area contributed by atoms with Gasteiger partial charge in [-0.05, 0) is 41.5 Å². The van der Waals surface area contributed by atoms with E-state index in [1.165, 1.54) is 0 Å². The lowest BCUT2D eigenvalue weighted by Crippen LogP contribution is -2.48. The standard InChI is InChI=1S/C27H32N2O5/c1-2-17(25(30)29-24-14-8-7-13-22(24)26(31)32)15-28-27(33)34-16-23-20-11-5-3-9-18(20)19-10-4-6-12-21(19)23/h3-6,9-12,17,22-24H,2,7-8,13-16H2,1H3,(H,28,33)(H,29,30)(H,31,32)/t17?,22-,24+/m1/s1. The molecule has 1 saturated carbocycles. The Kier molecular flexibility index (Phi) is 7.50. The average molecular weight is 465 g/mol. The van der Waals surface area contributed by atoms with Gasteiger partial charge in [0.25, 0.3) is 0 Å². The predicted molar refractivity (Wildman–Crippen MR) is 128 cm³/mol. The molecule has 0 aromatic heterocycles. The fraction of sp³-hybridized carbons (Fsp3) is 0.444. The van der Waals surface area contributed by atoms with Gasteiger partial charge in [-0.15, -0.1) is 0 Å². The smallest absolute Gasteiger partial charge is 0.407 e. The molecule has 0 spiro atoms. The fourth-order valence-electron chi connectivity index (χ4n) is 5.18. The van der Waals surface area contributed by atoms with Crippen LogP contribution in [0.15, 0.2) is 48.5 Å². The monoisotopic (exact) mass is 464 g/mol. The molecule has 0 bridgehead atoms. The van der Waals surface area contributed by atoms with Crippen molar-refractivity contribution in [3.63, 3.8) is 0 Å². The van der Waals surface area contributed by atoms with Gasteiger partial charge in [0, 0.05) is 18.5 Å². The molecule has 1 unspecified atom stereocenters. The number of carbonyl (C=O) groups is 3. The Morgan fingerprint density at radius 1 is 1.00 bits per heavy atom. The Hall–Kier alpha value is -3.35. The van der Waals surface area contributed by atoms with Crippen LogP contribution in [0.4, 0.5) is 4.79 Å². The van der Waals surface area contributed by atoms with Crippen molar-refractivity contribution in [3.8, 4) is 11.1 Å². The summed E-state index contributed by atoms with van der Waals surface area (Å²) in [5.74, 6) is -2.11. The number of carbonyl (C=O) groups excluding carboxylic acids is 2. The molecule has 7 heteroatoms. The molecule has 180 valence electrons. The second-order valence-corrected chi connectivity index (χ2v) is 9.16. The largest absolute Gasteiger partial charge is 0.481 e. The Balaban J connectivity index is 1.30. The Morgan fingerprint density at radius 2 is 1.62 bits per heavy atom. The molecule has 34 heavy (non-hydrogen) atoms. The maximum atomic E-state index is 12.8. The van der Waals surface area contributed by atoms with Crippen LogP contribution >= 0.6 is 0 Å². The van der Waals surface area contributed by atoms with Crippen LogP contribution in [0.25, 0.3) is 11.1 Å². The zero-order valence-corrected chi connectivity index (χ0v) is 19.5. The highest BCUT2D eigenvalue weighted by Crippen LogP contribution is 2.44. The number of ether oxygens (including phenoxy) is 1. The van der Waals surface area contributed by atoms with Gasteiger partial charge in [0.2, 0.25) is 5.91 Å². The van der Waals surface area contributed by atoms with Gasteiger partial charge in [0.05, 0.1) is 11.8 Å². The van der Waals surface area contributed by atoms with E-state index in [0.717, 1.165) is 35.1 Å². The van der Waals surface area contributed by atoms with Crippen LogP contribution in [0, 0.1) is 11.8 Å². The quantitative estimate of drug-likeness (QED) is 0.540. The van der Waals surface area contributed by atoms with Crippen molar-refractivity contribution in [2.45, 2.75) is 51.0 Å². The Labute approximate surface area is 199 Å². The predicted octanol–water partition coefficient (Wildman–Crippen LogP) is 4.31. The molecule has 1 fully saturated rings. The second kappa shape index (κ2) is 10.7. The maximum absolute atomic E-state index is 12.8. The number of carboxylic acid groups (broad SMARTS) is 1. The minimum Gasteiger partial charge on any atom is -0.481 e. The van der Waals surface area contributed by atoms with Gasteiger partial charge < -0.3 is 20.5 Å². The van der Waals surface area contributed by atoms with E-state index in [9.17, 15) is 19.5 Å². The minimum absolute atomic E-state index is 0.0253. The van der Waals surface area contributed by atoms with Crippen molar-refractivity contribution >= 4 is 18.0 Å². The normalized spacial score (nSPS) is 20.0. The molecule has 2 aliphatic rings. The summed E-state index contributed by atoms with van der Waals surface area (Å²) in [4.78, 5) is 36.7. The average Bonchev–Trinajstić information content (AvgIpc) is 3.17. The zero-order valence-electron chi connectivity index (χ0n) is 19.5. The number of benzene rings is 2. The molecule has 2 aliphatic carbocycles. The third kappa shape index (κ3) is 5.08. The van der Waals surface area contributed by atoms with E-state index in [-0.39, 0.29) is 31.0 Å². The van der Waals surface area contributed by atoms with Gasteiger partial charge in [0.1, 0.15) is 6.61 Å². The number of hydrogen-bond donors (Lipinski definition) is 3. The fourth-order valence-corrected chi connectivity index (χ4v) is 5.18. The first-order chi connectivity index (χ1) is 16.5.